The van der Waals surface area contributed by atoms with Crippen LogP contribution in [0.1, 0.15) is 23.0 Å². The Hall–Kier alpha value is -2.97. The van der Waals surface area contributed by atoms with Gasteiger partial charge in [-0.25, -0.2) is 4.98 Å². The number of amides is 1. The zero-order valence-corrected chi connectivity index (χ0v) is 18.1. The van der Waals surface area contributed by atoms with Gasteiger partial charge in [-0.15, -0.1) is 0 Å². The van der Waals surface area contributed by atoms with Gasteiger partial charge in [0.15, 0.2) is 5.76 Å². The molecule has 1 aliphatic rings. The van der Waals surface area contributed by atoms with Gasteiger partial charge in [-0.3, -0.25) is 14.0 Å². The number of rotatable bonds is 5. The first-order valence-corrected chi connectivity index (χ1v) is 10.2. The van der Waals surface area contributed by atoms with Crippen molar-refractivity contribution in [1.82, 2.24) is 14.3 Å². The Kier molecular flexibility index (Phi) is 5.44. The van der Waals surface area contributed by atoms with Gasteiger partial charge in [-0.1, -0.05) is 34.1 Å². The Balaban J connectivity index is 1.94. The predicted molar refractivity (Wildman–Crippen MR) is 115 cm³/mol. The highest BCUT2D eigenvalue weighted by Crippen LogP contribution is 2.40. The van der Waals surface area contributed by atoms with Crippen LogP contribution in [0.25, 0.3) is 11.4 Å². The fraction of sp³-hybridized carbons (Fsp3) is 0.227. The fourth-order valence-corrected chi connectivity index (χ4v) is 4.08. The van der Waals surface area contributed by atoms with Gasteiger partial charge < -0.3 is 14.7 Å². The lowest BCUT2D eigenvalue weighted by atomic mass is 9.96. The van der Waals surface area contributed by atoms with E-state index in [9.17, 15) is 14.7 Å². The van der Waals surface area contributed by atoms with E-state index in [-0.39, 0.29) is 24.5 Å². The number of benzene rings is 1. The number of hydrogen-bond donors (Lipinski definition) is 1. The lowest BCUT2D eigenvalue weighted by Gasteiger charge is -2.25. The van der Waals surface area contributed by atoms with Crippen LogP contribution in [0, 0.1) is 6.92 Å². The second kappa shape index (κ2) is 8.04. The molecule has 1 atom stereocenters. The normalized spacial score (nSPS) is 18.5. The number of ether oxygens (including phenoxy) is 1. The van der Waals surface area contributed by atoms with Crippen molar-refractivity contribution in [2.45, 2.75) is 13.0 Å². The minimum atomic E-state index is -0.721. The van der Waals surface area contributed by atoms with Crippen molar-refractivity contribution in [2.24, 2.45) is 0 Å². The highest BCUT2D eigenvalue weighted by atomic mass is 79.9. The molecule has 4 rings (SSSR count). The van der Waals surface area contributed by atoms with E-state index in [0.717, 1.165) is 10.0 Å². The van der Waals surface area contributed by atoms with Crippen molar-refractivity contribution in [3.63, 3.8) is 0 Å². The quantitative estimate of drug-likeness (QED) is 0.351. The maximum absolute atomic E-state index is 13.0. The minimum Gasteiger partial charge on any atom is -0.505 e. The van der Waals surface area contributed by atoms with Gasteiger partial charge >= 0.3 is 0 Å². The maximum Gasteiger partial charge on any atom is 0.295 e. The van der Waals surface area contributed by atoms with E-state index >= 15 is 0 Å². The summed E-state index contributed by atoms with van der Waals surface area (Å²) in [6, 6.07) is 12.1. The number of aryl methyl sites for hydroxylation is 1. The average molecular weight is 470 g/mol. The first kappa shape index (κ1) is 20.3. The average Bonchev–Trinajstić information content (AvgIpc) is 3.20. The summed E-state index contributed by atoms with van der Waals surface area (Å²) in [5.41, 5.74) is 2.38. The zero-order valence-electron chi connectivity index (χ0n) is 16.5. The monoisotopic (exact) mass is 469 g/mol. The third-order valence-electron chi connectivity index (χ3n) is 5.19. The van der Waals surface area contributed by atoms with Crippen LogP contribution >= 0.6 is 15.9 Å². The Labute approximate surface area is 181 Å². The molecule has 1 unspecified atom stereocenters. The molecule has 8 heteroatoms. The standard InChI is InChI=1S/C22H20BrN3O4/c1-13-18(25-10-4-3-5-16(25)24-13)20(27)17-19(14-6-8-15(23)9-7-14)26(11-12-30-2)22(29)21(17)28/h3-10,19,27H,11-12H2,1-2H3. The summed E-state index contributed by atoms with van der Waals surface area (Å²) in [5.74, 6) is -1.62. The topological polar surface area (TPSA) is 84.1 Å². The maximum atomic E-state index is 13.0. The number of Topliss-reactive ketones (excluding diaryl/α,β-unsaturated/α-hetero) is 1. The summed E-state index contributed by atoms with van der Waals surface area (Å²) in [5, 5.41) is 11.3. The molecular weight excluding hydrogens is 450 g/mol. The van der Waals surface area contributed by atoms with E-state index in [4.69, 9.17) is 4.74 Å². The van der Waals surface area contributed by atoms with Crippen molar-refractivity contribution >= 4 is 39.0 Å². The lowest BCUT2D eigenvalue weighted by molar-refractivity contribution is -0.140. The molecule has 0 bridgehead atoms. The first-order valence-electron chi connectivity index (χ1n) is 9.41. The number of carbonyl (C=O) groups excluding carboxylic acids is 2. The van der Waals surface area contributed by atoms with E-state index in [1.165, 1.54) is 12.0 Å². The van der Waals surface area contributed by atoms with Crippen LogP contribution in [0.5, 0.6) is 0 Å². The largest absolute Gasteiger partial charge is 0.505 e. The molecular formula is C22H20BrN3O4. The number of hydrogen-bond acceptors (Lipinski definition) is 5. The number of fused-ring (bicyclic) bond motifs is 1. The molecule has 2 aromatic heterocycles. The SMILES string of the molecule is COCCN1C(=O)C(=O)C(=C(O)c2c(C)nc3ccccn23)C1c1ccc(Br)cc1. The van der Waals surface area contributed by atoms with Crippen LogP contribution in [0.2, 0.25) is 0 Å². The Morgan fingerprint density at radius 2 is 1.93 bits per heavy atom. The number of aromatic nitrogens is 2. The molecule has 1 saturated heterocycles. The molecule has 7 nitrogen and oxygen atoms in total. The number of halogens is 1. The molecule has 0 aliphatic carbocycles. The smallest absolute Gasteiger partial charge is 0.295 e. The lowest BCUT2D eigenvalue weighted by Crippen LogP contribution is -2.32. The highest BCUT2D eigenvalue weighted by molar-refractivity contribution is 9.10. The van der Waals surface area contributed by atoms with E-state index in [0.29, 0.717) is 17.0 Å². The summed E-state index contributed by atoms with van der Waals surface area (Å²) < 4.78 is 7.72. The molecule has 0 radical (unpaired) electrons. The summed E-state index contributed by atoms with van der Waals surface area (Å²) in [6.07, 6.45) is 1.76. The van der Waals surface area contributed by atoms with Gasteiger partial charge in [0.2, 0.25) is 0 Å². The van der Waals surface area contributed by atoms with Crippen LogP contribution in [-0.2, 0) is 14.3 Å². The number of pyridine rings is 1. The zero-order chi connectivity index (χ0) is 21.4. The minimum absolute atomic E-state index is 0.0483. The van der Waals surface area contributed by atoms with Gasteiger partial charge in [0.25, 0.3) is 11.7 Å². The van der Waals surface area contributed by atoms with Crippen LogP contribution in [0.3, 0.4) is 0 Å². The molecule has 1 aliphatic heterocycles. The molecule has 0 saturated carbocycles. The van der Waals surface area contributed by atoms with E-state index in [2.05, 4.69) is 20.9 Å². The van der Waals surface area contributed by atoms with Gasteiger partial charge in [0, 0.05) is 24.3 Å². The predicted octanol–water partition coefficient (Wildman–Crippen LogP) is 3.47. The molecule has 154 valence electrons. The van der Waals surface area contributed by atoms with E-state index < -0.39 is 17.7 Å². The fourth-order valence-electron chi connectivity index (χ4n) is 3.82. The number of aliphatic hydroxyl groups is 1. The molecule has 3 aromatic rings. The molecule has 3 heterocycles. The van der Waals surface area contributed by atoms with Crippen molar-refractivity contribution in [2.75, 3.05) is 20.3 Å². The summed E-state index contributed by atoms with van der Waals surface area (Å²) in [4.78, 5) is 31.8. The van der Waals surface area contributed by atoms with Gasteiger partial charge in [-0.2, -0.15) is 0 Å². The molecule has 1 amide bonds. The number of ketones is 1. The number of imidazole rings is 1. The summed E-state index contributed by atoms with van der Waals surface area (Å²) in [6.45, 7) is 2.26. The highest BCUT2D eigenvalue weighted by Gasteiger charge is 2.46. The second-order valence-corrected chi connectivity index (χ2v) is 7.93. The Morgan fingerprint density at radius 1 is 1.20 bits per heavy atom. The molecule has 1 fully saturated rings. The number of aliphatic hydroxyl groups excluding tert-OH is 1. The second-order valence-electron chi connectivity index (χ2n) is 7.01. The van der Waals surface area contributed by atoms with E-state index in [1.807, 2.05) is 42.5 Å². The van der Waals surface area contributed by atoms with Crippen molar-refractivity contribution in [3.05, 3.63) is 75.7 Å². The molecule has 1 aromatic carbocycles. The molecule has 1 N–H and O–H groups in total. The van der Waals surface area contributed by atoms with Crippen molar-refractivity contribution in [3.8, 4) is 0 Å². The van der Waals surface area contributed by atoms with Crippen molar-refractivity contribution < 1.29 is 19.4 Å². The summed E-state index contributed by atoms with van der Waals surface area (Å²) >= 11 is 3.41. The Bertz CT molecular complexity index is 1170. The number of likely N-dealkylation sites (tertiary alicyclic amines) is 1. The molecule has 30 heavy (non-hydrogen) atoms. The van der Waals surface area contributed by atoms with Crippen LogP contribution in [0.15, 0.2) is 58.7 Å². The van der Waals surface area contributed by atoms with Crippen LogP contribution in [0.4, 0.5) is 0 Å². The van der Waals surface area contributed by atoms with Crippen LogP contribution < -0.4 is 0 Å². The third kappa shape index (κ3) is 3.32. The summed E-state index contributed by atoms with van der Waals surface area (Å²) in [7, 11) is 1.53. The Morgan fingerprint density at radius 3 is 2.63 bits per heavy atom. The number of carbonyl (C=O) groups is 2. The van der Waals surface area contributed by atoms with Gasteiger partial charge in [0.05, 0.1) is 23.9 Å². The van der Waals surface area contributed by atoms with Crippen molar-refractivity contribution in [1.29, 1.82) is 0 Å². The van der Waals surface area contributed by atoms with Crippen LogP contribution in [-0.4, -0.2) is 51.3 Å². The number of nitrogens with zero attached hydrogens (tertiary/aromatic N) is 3. The van der Waals surface area contributed by atoms with E-state index in [1.54, 1.807) is 17.5 Å². The third-order valence-corrected chi connectivity index (χ3v) is 5.72. The number of methoxy groups -OCH3 is 1. The molecule has 0 spiro atoms. The van der Waals surface area contributed by atoms with Gasteiger partial charge in [-0.05, 0) is 36.8 Å². The van der Waals surface area contributed by atoms with Gasteiger partial charge in [0.1, 0.15) is 11.3 Å². The first-order chi connectivity index (χ1) is 14.4.